The molecule has 38 heavy (non-hydrogen) atoms. The van der Waals surface area contributed by atoms with Gasteiger partial charge in [-0.05, 0) is 56.5 Å². The van der Waals surface area contributed by atoms with Crippen molar-refractivity contribution in [3.8, 4) is 5.00 Å². The molecule has 4 heterocycles. The average molecular weight is 543 g/mol. The molecular weight excluding hydrogens is 516 g/mol. The molecule has 7 nitrogen and oxygen atoms in total. The van der Waals surface area contributed by atoms with Gasteiger partial charge in [-0.2, -0.15) is 0 Å². The van der Waals surface area contributed by atoms with Gasteiger partial charge in [-0.25, -0.2) is 0 Å². The molecule has 1 aliphatic heterocycles. The Balaban J connectivity index is 1.31. The molecule has 1 aliphatic rings. The SMILES string of the molecule is Cc1sc2c(c1C)C(c1ccc(Cl)cc1)=N[C@@H](CC(=O)NCCc1c[nH]c3ccccc13)c1nnc(C)n1-2. The Morgan fingerprint density at radius 2 is 1.89 bits per heavy atom. The standard InChI is InChI=1S/C29H27ClN6OS/c1-16-17(2)38-29-26(16)27(19-8-10-21(30)11-9-19)33-24(28-35-34-18(3)36(28)29)14-25(37)31-13-12-20-15-32-23-7-5-4-6-22(20)23/h4-11,15,24,32H,12-14H2,1-3H3,(H,31,37)/t24-/m0/s1. The first-order chi connectivity index (χ1) is 18.4. The molecule has 6 rings (SSSR count). The summed E-state index contributed by atoms with van der Waals surface area (Å²) in [6, 6.07) is 15.4. The fourth-order valence-corrected chi connectivity index (χ4v) is 6.40. The summed E-state index contributed by atoms with van der Waals surface area (Å²) in [5.41, 5.74) is 6.31. The van der Waals surface area contributed by atoms with Gasteiger partial charge in [-0.3, -0.25) is 14.4 Å². The second kappa shape index (κ2) is 9.85. The Labute approximate surface area is 229 Å². The van der Waals surface area contributed by atoms with Crippen LogP contribution in [0.5, 0.6) is 0 Å². The molecule has 3 aromatic heterocycles. The number of aromatic amines is 1. The maximum atomic E-state index is 13.2. The van der Waals surface area contributed by atoms with E-state index in [1.807, 2.05) is 49.5 Å². The highest BCUT2D eigenvalue weighted by molar-refractivity contribution is 7.15. The maximum absolute atomic E-state index is 13.2. The van der Waals surface area contributed by atoms with E-state index in [1.54, 1.807) is 11.3 Å². The zero-order valence-corrected chi connectivity index (χ0v) is 23.0. The molecule has 1 atom stereocenters. The molecular formula is C29H27ClN6OS. The first kappa shape index (κ1) is 24.6. The molecule has 0 saturated carbocycles. The summed E-state index contributed by atoms with van der Waals surface area (Å²) < 4.78 is 2.07. The third-order valence-corrected chi connectivity index (χ3v) is 8.57. The van der Waals surface area contributed by atoms with Crippen molar-refractivity contribution in [1.29, 1.82) is 0 Å². The fourth-order valence-electron chi connectivity index (χ4n) is 5.06. The van der Waals surface area contributed by atoms with Crippen LogP contribution >= 0.6 is 22.9 Å². The van der Waals surface area contributed by atoms with Crippen LogP contribution in [0.15, 0.2) is 59.7 Å². The monoisotopic (exact) mass is 542 g/mol. The summed E-state index contributed by atoms with van der Waals surface area (Å²) in [6.07, 6.45) is 2.93. The number of hydrogen-bond donors (Lipinski definition) is 2. The third kappa shape index (κ3) is 4.33. The van der Waals surface area contributed by atoms with Crippen LogP contribution in [0.25, 0.3) is 15.9 Å². The Bertz CT molecular complexity index is 1690. The van der Waals surface area contributed by atoms with Gasteiger partial charge in [0.2, 0.25) is 5.91 Å². The number of thiophene rings is 1. The number of para-hydroxylation sites is 1. The number of halogens is 1. The number of carbonyl (C=O) groups excluding carboxylic acids is 1. The summed E-state index contributed by atoms with van der Waals surface area (Å²) in [4.78, 5) is 22.9. The van der Waals surface area contributed by atoms with E-state index in [-0.39, 0.29) is 12.3 Å². The predicted molar refractivity (Wildman–Crippen MR) is 153 cm³/mol. The minimum absolute atomic E-state index is 0.0700. The van der Waals surface area contributed by atoms with Crippen LogP contribution < -0.4 is 5.32 Å². The quantitative estimate of drug-likeness (QED) is 0.274. The molecule has 192 valence electrons. The predicted octanol–water partition coefficient (Wildman–Crippen LogP) is 6.03. The lowest BCUT2D eigenvalue weighted by atomic mass is 9.99. The topological polar surface area (TPSA) is 88.0 Å². The van der Waals surface area contributed by atoms with Gasteiger partial charge in [0.1, 0.15) is 16.9 Å². The Morgan fingerprint density at radius 3 is 2.71 bits per heavy atom. The summed E-state index contributed by atoms with van der Waals surface area (Å²) in [5, 5.41) is 14.8. The lowest BCUT2D eigenvalue weighted by Crippen LogP contribution is -2.27. The number of amides is 1. The van der Waals surface area contributed by atoms with E-state index in [9.17, 15) is 4.79 Å². The molecule has 0 fully saturated rings. The molecule has 0 unspecified atom stereocenters. The van der Waals surface area contributed by atoms with E-state index in [0.29, 0.717) is 17.4 Å². The minimum Gasteiger partial charge on any atom is -0.361 e. The number of nitrogens with one attached hydrogen (secondary N) is 2. The van der Waals surface area contributed by atoms with Crippen LogP contribution in [0.4, 0.5) is 0 Å². The van der Waals surface area contributed by atoms with E-state index >= 15 is 0 Å². The van der Waals surface area contributed by atoms with Crippen LogP contribution in [-0.4, -0.2) is 37.9 Å². The van der Waals surface area contributed by atoms with Crippen LogP contribution in [0.2, 0.25) is 5.02 Å². The van der Waals surface area contributed by atoms with Gasteiger partial charge in [-0.1, -0.05) is 41.9 Å². The van der Waals surface area contributed by atoms with Crippen molar-refractivity contribution in [2.75, 3.05) is 6.54 Å². The highest BCUT2D eigenvalue weighted by Crippen LogP contribution is 2.39. The highest BCUT2D eigenvalue weighted by atomic mass is 35.5. The second-order valence-electron chi connectivity index (χ2n) is 9.57. The molecule has 2 N–H and O–H groups in total. The molecule has 0 radical (unpaired) electrons. The molecule has 1 amide bonds. The number of carbonyl (C=O) groups is 1. The second-order valence-corrected chi connectivity index (χ2v) is 11.2. The number of hydrogen-bond acceptors (Lipinski definition) is 5. The molecule has 0 aliphatic carbocycles. The zero-order valence-electron chi connectivity index (χ0n) is 21.4. The number of nitrogens with zero attached hydrogens (tertiary/aromatic N) is 4. The van der Waals surface area contributed by atoms with Gasteiger partial charge in [-0.15, -0.1) is 21.5 Å². The van der Waals surface area contributed by atoms with Crippen LogP contribution in [-0.2, 0) is 11.2 Å². The Morgan fingerprint density at radius 1 is 1.11 bits per heavy atom. The van der Waals surface area contributed by atoms with Gasteiger partial charge in [0.15, 0.2) is 5.82 Å². The van der Waals surface area contributed by atoms with E-state index in [2.05, 4.69) is 51.0 Å². The summed E-state index contributed by atoms with van der Waals surface area (Å²) in [5.74, 6) is 1.39. The van der Waals surface area contributed by atoms with E-state index in [0.717, 1.165) is 39.6 Å². The summed E-state index contributed by atoms with van der Waals surface area (Å²) in [6.45, 7) is 6.72. The largest absolute Gasteiger partial charge is 0.361 e. The molecule has 0 bridgehead atoms. The lowest BCUT2D eigenvalue weighted by Gasteiger charge is -2.13. The number of rotatable bonds is 6. The minimum atomic E-state index is -0.478. The van der Waals surface area contributed by atoms with Gasteiger partial charge >= 0.3 is 0 Å². The number of aliphatic imine (C=N–C) groups is 1. The first-order valence-corrected chi connectivity index (χ1v) is 13.8. The normalized spacial score (nSPS) is 14.6. The highest BCUT2D eigenvalue weighted by Gasteiger charge is 2.32. The van der Waals surface area contributed by atoms with Crippen LogP contribution in [0, 0.1) is 20.8 Å². The average Bonchev–Trinajstić information content (AvgIpc) is 3.55. The van der Waals surface area contributed by atoms with Crippen molar-refractivity contribution in [1.82, 2.24) is 25.1 Å². The maximum Gasteiger partial charge on any atom is 0.222 e. The number of aryl methyl sites for hydroxylation is 2. The zero-order chi connectivity index (χ0) is 26.4. The van der Waals surface area contributed by atoms with E-state index in [1.165, 1.54) is 21.4 Å². The number of fused-ring (bicyclic) bond motifs is 4. The van der Waals surface area contributed by atoms with Crippen molar-refractivity contribution in [3.05, 3.63) is 98.5 Å². The van der Waals surface area contributed by atoms with E-state index < -0.39 is 6.04 Å². The van der Waals surface area contributed by atoms with Crippen molar-refractivity contribution in [2.45, 2.75) is 39.7 Å². The number of H-pyrrole nitrogens is 1. The molecule has 0 spiro atoms. The van der Waals surface area contributed by atoms with Gasteiger partial charge in [0.05, 0.1) is 12.1 Å². The van der Waals surface area contributed by atoms with Crippen molar-refractivity contribution < 1.29 is 4.79 Å². The van der Waals surface area contributed by atoms with Gasteiger partial charge in [0.25, 0.3) is 0 Å². The van der Waals surface area contributed by atoms with Crippen molar-refractivity contribution in [2.24, 2.45) is 4.99 Å². The smallest absolute Gasteiger partial charge is 0.222 e. The first-order valence-electron chi connectivity index (χ1n) is 12.6. The summed E-state index contributed by atoms with van der Waals surface area (Å²) in [7, 11) is 0. The van der Waals surface area contributed by atoms with Crippen LogP contribution in [0.3, 0.4) is 0 Å². The molecule has 2 aromatic carbocycles. The van der Waals surface area contributed by atoms with Gasteiger partial charge in [0, 0.05) is 44.7 Å². The number of benzene rings is 2. The van der Waals surface area contributed by atoms with Crippen molar-refractivity contribution >= 4 is 45.5 Å². The van der Waals surface area contributed by atoms with Crippen LogP contribution in [0.1, 0.15) is 51.2 Å². The third-order valence-electron chi connectivity index (χ3n) is 7.13. The Kier molecular flexibility index (Phi) is 6.37. The fraction of sp³-hybridized carbons (Fsp3) is 0.241. The lowest BCUT2D eigenvalue weighted by molar-refractivity contribution is -0.121. The molecule has 0 saturated heterocycles. The summed E-state index contributed by atoms with van der Waals surface area (Å²) >= 11 is 7.89. The van der Waals surface area contributed by atoms with E-state index in [4.69, 9.17) is 16.6 Å². The van der Waals surface area contributed by atoms with Gasteiger partial charge < -0.3 is 10.3 Å². The molecule has 9 heteroatoms. The van der Waals surface area contributed by atoms with Crippen molar-refractivity contribution in [3.63, 3.8) is 0 Å². The number of aromatic nitrogens is 4. The Hall–Kier alpha value is -3.75. The molecule has 5 aromatic rings.